The van der Waals surface area contributed by atoms with Gasteiger partial charge in [-0.05, 0) is 25.0 Å². The molecule has 142 valence electrons. The minimum absolute atomic E-state index is 0.167. The number of nitrogens with one attached hydrogen (secondary N) is 1. The number of hydrogen-bond acceptors (Lipinski definition) is 6. The minimum atomic E-state index is -0.969. The largest absolute Gasteiger partial charge is 0.465 e. The van der Waals surface area contributed by atoms with Crippen molar-refractivity contribution in [2.75, 3.05) is 18.4 Å². The van der Waals surface area contributed by atoms with Crippen LogP contribution in [0.2, 0.25) is 0 Å². The maximum absolute atomic E-state index is 13.6. The summed E-state index contributed by atoms with van der Waals surface area (Å²) in [5, 5.41) is 21.7. The van der Waals surface area contributed by atoms with Gasteiger partial charge in [-0.3, -0.25) is 4.40 Å². The molecule has 0 spiro atoms. The number of nitrogens with zero attached hydrogens (tertiary/aromatic N) is 6. The Balaban J connectivity index is 1.67. The predicted octanol–water partition coefficient (Wildman–Crippen LogP) is 2.36. The molecule has 0 aromatic carbocycles. The van der Waals surface area contributed by atoms with E-state index in [9.17, 15) is 19.6 Å². The van der Waals surface area contributed by atoms with Crippen molar-refractivity contribution in [1.82, 2.24) is 24.3 Å². The molecule has 4 heterocycles. The van der Waals surface area contributed by atoms with E-state index in [1.54, 1.807) is 6.07 Å². The third-order valence-electron chi connectivity index (χ3n) is 4.64. The molecule has 3 aromatic rings. The summed E-state index contributed by atoms with van der Waals surface area (Å²) >= 11 is 0. The quantitative estimate of drug-likeness (QED) is 0.714. The Labute approximate surface area is 159 Å². The molecule has 1 unspecified atom stereocenters. The number of amides is 1. The second-order valence-electron chi connectivity index (χ2n) is 6.50. The second-order valence-corrected chi connectivity index (χ2v) is 6.50. The van der Waals surface area contributed by atoms with E-state index in [-0.39, 0.29) is 17.4 Å². The van der Waals surface area contributed by atoms with Crippen LogP contribution in [0.15, 0.2) is 30.7 Å². The molecule has 10 heteroatoms. The Morgan fingerprint density at radius 3 is 3.00 bits per heavy atom. The summed E-state index contributed by atoms with van der Waals surface area (Å²) in [6.45, 7) is 0.793. The van der Waals surface area contributed by atoms with Gasteiger partial charge in [0, 0.05) is 25.3 Å². The third kappa shape index (κ3) is 3.29. The zero-order valence-electron chi connectivity index (χ0n) is 14.7. The van der Waals surface area contributed by atoms with E-state index in [0.29, 0.717) is 30.2 Å². The van der Waals surface area contributed by atoms with E-state index in [0.717, 1.165) is 12.8 Å². The van der Waals surface area contributed by atoms with Gasteiger partial charge in [0.25, 0.3) is 0 Å². The summed E-state index contributed by atoms with van der Waals surface area (Å²) in [5.74, 6) is 0.177. The third-order valence-corrected chi connectivity index (χ3v) is 4.64. The molecular weight excluding hydrogens is 365 g/mol. The smallest absolute Gasteiger partial charge is 0.407 e. The highest BCUT2D eigenvalue weighted by molar-refractivity contribution is 5.65. The van der Waals surface area contributed by atoms with E-state index in [1.165, 1.54) is 34.0 Å². The van der Waals surface area contributed by atoms with E-state index < -0.39 is 11.9 Å². The van der Waals surface area contributed by atoms with Crippen molar-refractivity contribution in [2.24, 2.45) is 0 Å². The van der Waals surface area contributed by atoms with Crippen molar-refractivity contribution >= 4 is 17.6 Å². The van der Waals surface area contributed by atoms with Gasteiger partial charge in [0.1, 0.15) is 34.6 Å². The molecule has 3 aromatic heterocycles. The van der Waals surface area contributed by atoms with Gasteiger partial charge in [-0.25, -0.2) is 24.1 Å². The number of likely N-dealkylation sites (tertiary alicyclic amines) is 1. The average Bonchev–Trinajstić information content (AvgIpc) is 3.11. The number of carboxylic acid groups (broad SMARTS) is 1. The van der Waals surface area contributed by atoms with Gasteiger partial charge in [-0.1, -0.05) is 0 Å². The molecule has 9 nitrogen and oxygen atoms in total. The topological polar surface area (TPSA) is 119 Å². The molecule has 1 aliphatic heterocycles. The maximum atomic E-state index is 13.6. The van der Waals surface area contributed by atoms with Gasteiger partial charge >= 0.3 is 6.09 Å². The first-order valence-electron chi connectivity index (χ1n) is 8.69. The number of pyridine rings is 1. The fraction of sp³-hybridized carbons (Fsp3) is 0.278. The lowest BCUT2D eigenvalue weighted by Gasteiger charge is -2.31. The van der Waals surface area contributed by atoms with Crippen molar-refractivity contribution in [3.05, 3.63) is 42.1 Å². The number of rotatable bonds is 3. The summed E-state index contributed by atoms with van der Waals surface area (Å²) < 4.78 is 15.2. The standard InChI is InChI=1S/C18H16FN7O2/c19-12-3-4-15-21-8-14(26(15)9-12)17-22-7-11(6-20)16(24-17)23-13-2-1-5-25(10-13)18(27)28/h3-4,7-9,13H,1-2,5,10H2,(H,27,28)(H,22,23,24). The number of carbonyl (C=O) groups is 1. The first kappa shape index (κ1) is 17.7. The molecule has 0 aliphatic carbocycles. The molecule has 28 heavy (non-hydrogen) atoms. The monoisotopic (exact) mass is 381 g/mol. The molecule has 4 rings (SSSR count). The fourth-order valence-electron chi connectivity index (χ4n) is 3.28. The zero-order valence-corrected chi connectivity index (χ0v) is 14.7. The highest BCUT2D eigenvalue weighted by Crippen LogP contribution is 2.23. The Bertz CT molecular complexity index is 1090. The molecule has 1 aliphatic rings. The second kappa shape index (κ2) is 7.11. The van der Waals surface area contributed by atoms with Crippen molar-refractivity contribution in [3.63, 3.8) is 0 Å². The highest BCUT2D eigenvalue weighted by Gasteiger charge is 2.24. The number of halogens is 1. The van der Waals surface area contributed by atoms with Gasteiger partial charge in [0.2, 0.25) is 0 Å². The fourth-order valence-corrected chi connectivity index (χ4v) is 3.28. The van der Waals surface area contributed by atoms with E-state index in [1.807, 2.05) is 6.07 Å². The lowest BCUT2D eigenvalue weighted by molar-refractivity contribution is 0.133. The molecule has 1 atom stereocenters. The van der Waals surface area contributed by atoms with Crippen LogP contribution in [-0.4, -0.2) is 54.6 Å². The van der Waals surface area contributed by atoms with Crippen LogP contribution in [-0.2, 0) is 0 Å². The molecule has 0 saturated carbocycles. The molecular formula is C18H16FN7O2. The molecule has 1 amide bonds. The number of nitriles is 1. The van der Waals surface area contributed by atoms with Crippen LogP contribution in [0, 0.1) is 17.1 Å². The molecule has 1 fully saturated rings. The predicted molar refractivity (Wildman–Crippen MR) is 97.1 cm³/mol. The van der Waals surface area contributed by atoms with Crippen LogP contribution >= 0.6 is 0 Å². The van der Waals surface area contributed by atoms with Crippen molar-refractivity contribution in [1.29, 1.82) is 5.26 Å². The summed E-state index contributed by atoms with van der Waals surface area (Å²) in [7, 11) is 0. The molecule has 2 N–H and O–H groups in total. The molecule has 1 saturated heterocycles. The van der Waals surface area contributed by atoms with Gasteiger partial charge < -0.3 is 15.3 Å². The summed E-state index contributed by atoms with van der Waals surface area (Å²) in [6, 6.07) is 4.73. The SMILES string of the molecule is N#Cc1cnc(-c2cnc3ccc(F)cn23)nc1NC1CCCN(C(=O)O)C1. The van der Waals surface area contributed by atoms with E-state index in [2.05, 4.69) is 20.3 Å². The van der Waals surface area contributed by atoms with E-state index in [4.69, 9.17) is 0 Å². The molecule has 0 radical (unpaired) electrons. The molecule has 0 bridgehead atoms. The summed E-state index contributed by atoms with van der Waals surface area (Å²) in [5.41, 5.74) is 1.28. The van der Waals surface area contributed by atoms with Crippen LogP contribution in [0.4, 0.5) is 15.0 Å². The maximum Gasteiger partial charge on any atom is 0.407 e. The van der Waals surface area contributed by atoms with E-state index >= 15 is 0 Å². The number of imidazole rings is 1. The highest BCUT2D eigenvalue weighted by atomic mass is 19.1. The van der Waals surface area contributed by atoms with Gasteiger partial charge in [-0.15, -0.1) is 0 Å². The van der Waals surface area contributed by atoms with Gasteiger partial charge in [0.05, 0.1) is 12.4 Å². The Morgan fingerprint density at radius 1 is 1.36 bits per heavy atom. The lowest BCUT2D eigenvalue weighted by Crippen LogP contribution is -2.44. The summed E-state index contributed by atoms with van der Waals surface area (Å²) in [6.07, 6.45) is 4.72. The Morgan fingerprint density at radius 2 is 2.21 bits per heavy atom. The normalized spacial score (nSPS) is 16.7. The van der Waals surface area contributed by atoms with Crippen molar-refractivity contribution in [3.8, 4) is 17.6 Å². The summed E-state index contributed by atoms with van der Waals surface area (Å²) in [4.78, 5) is 25.4. The van der Waals surface area contributed by atoms with Crippen LogP contribution in [0.25, 0.3) is 17.2 Å². The number of anilines is 1. The van der Waals surface area contributed by atoms with Crippen molar-refractivity contribution < 1.29 is 14.3 Å². The minimum Gasteiger partial charge on any atom is -0.465 e. The lowest BCUT2D eigenvalue weighted by atomic mass is 10.1. The van der Waals surface area contributed by atoms with Crippen molar-refractivity contribution in [2.45, 2.75) is 18.9 Å². The van der Waals surface area contributed by atoms with Crippen LogP contribution in [0.5, 0.6) is 0 Å². The first-order chi connectivity index (χ1) is 13.5. The average molecular weight is 381 g/mol. The van der Waals surface area contributed by atoms with Crippen LogP contribution in [0.3, 0.4) is 0 Å². The first-order valence-corrected chi connectivity index (χ1v) is 8.69. The number of piperidine rings is 1. The number of fused-ring (bicyclic) bond motifs is 1. The van der Waals surface area contributed by atoms with Gasteiger partial charge in [0.15, 0.2) is 5.82 Å². The Kier molecular flexibility index (Phi) is 4.49. The Hall–Kier alpha value is -3.74. The van der Waals surface area contributed by atoms with Crippen LogP contribution in [0.1, 0.15) is 18.4 Å². The van der Waals surface area contributed by atoms with Crippen LogP contribution < -0.4 is 5.32 Å². The zero-order chi connectivity index (χ0) is 19.7. The number of aromatic nitrogens is 4. The number of hydrogen-bond donors (Lipinski definition) is 2. The van der Waals surface area contributed by atoms with Gasteiger partial charge in [-0.2, -0.15) is 5.26 Å².